The van der Waals surface area contributed by atoms with Gasteiger partial charge in [-0.2, -0.15) is 0 Å². The summed E-state index contributed by atoms with van der Waals surface area (Å²) >= 11 is 0. The number of fused-ring (bicyclic) bond motifs is 2. The average Bonchev–Trinajstić information content (AvgIpc) is 3.12. The van der Waals surface area contributed by atoms with E-state index in [-0.39, 0.29) is 47.2 Å². The van der Waals surface area contributed by atoms with E-state index in [2.05, 4.69) is 0 Å². The summed E-state index contributed by atoms with van der Waals surface area (Å²) in [7, 11) is 0. The molecule has 5 rings (SSSR count). The molecule has 1 saturated heterocycles. The van der Waals surface area contributed by atoms with Crippen molar-refractivity contribution in [3.8, 4) is 0 Å². The zero-order valence-electron chi connectivity index (χ0n) is 28.7. The van der Waals surface area contributed by atoms with Crippen molar-refractivity contribution in [3.63, 3.8) is 0 Å². The predicted molar refractivity (Wildman–Crippen MR) is 186 cm³/mol. The Bertz CT molecular complexity index is 1330. The minimum atomic E-state index is -0.762. The Morgan fingerprint density at radius 3 is 1.00 bits per heavy atom. The van der Waals surface area contributed by atoms with Gasteiger partial charge in [-0.1, -0.05) is 25.7 Å². The van der Waals surface area contributed by atoms with Gasteiger partial charge < -0.3 is 39.9 Å². The number of ether oxygens (including phenoxy) is 6. The van der Waals surface area contributed by atoms with Crippen LogP contribution in [0, 0.1) is 40.5 Å². The number of rotatable bonds is 4. The maximum Gasteiger partial charge on any atom is 0.298 e. The van der Waals surface area contributed by atoms with E-state index < -0.39 is 31.1 Å². The fourth-order valence-electron chi connectivity index (χ4n) is 5.73. The van der Waals surface area contributed by atoms with Gasteiger partial charge in [0.15, 0.2) is 0 Å². The van der Waals surface area contributed by atoms with E-state index in [0.29, 0.717) is 52.9 Å². The Morgan fingerprint density at radius 1 is 0.462 bits per heavy atom. The molecule has 2 saturated carbocycles. The molecule has 0 spiro atoms. The minimum Gasteiger partial charge on any atom is -0.393 e. The van der Waals surface area contributed by atoms with Crippen molar-refractivity contribution in [2.75, 3.05) is 64.3 Å². The van der Waals surface area contributed by atoms with Crippen molar-refractivity contribution < 1.29 is 48.1 Å². The lowest BCUT2D eigenvalue weighted by Crippen LogP contribution is -2.37. The first-order valence-electron chi connectivity index (χ1n) is 17.0. The first-order chi connectivity index (χ1) is 25.0. The third kappa shape index (κ3) is 14.2. The van der Waals surface area contributed by atoms with Crippen molar-refractivity contribution in [2.24, 2.45) is 0 Å². The summed E-state index contributed by atoms with van der Waals surface area (Å²) in [6.45, 7) is 4.93. The van der Waals surface area contributed by atoms with Crippen LogP contribution in [0.4, 0.5) is 34.1 Å². The summed E-state index contributed by atoms with van der Waals surface area (Å²) in [5.74, 6) is 0. The molecule has 2 aromatic carbocycles. The van der Waals surface area contributed by atoms with E-state index in [1.165, 1.54) is 25.7 Å². The first kappa shape index (κ1) is 41.8. The second kappa shape index (κ2) is 22.4. The van der Waals surface area contributed by atoms with Gasteiger partial charge in [-0.3, -0.25) is 40.5 Å². The highest BCUT2D eigenvalue weighted by atomic mass is 16.6. The number of non-ortho nitro benzene ring substituents is 2. The molecule has 20 heteroatoms. The molecule has 1 heterocycles. The molecule has 4 N–H and O–H groups in total. The fourth-order valence-corrected chi connectivity index (χ4v) is 5.73. The van der Waals surface area contributed by atoms with Crippen molar-refractivity contribution in [2.45, 2.75) is 75.8 Å². The van der Waals surface area contributed by atoms with Crippen LogP contribution in [-0.2, 0) is 28.4 Å². The Kier molecular flexibility index (Phi) is 18.0. The number of nitrogens with zero attached hydrogens (tertiary/aromatic N) is 4. The Balaban J connectivity index is 0.000000235. The summed E-state index contributed by atoms with van der Waals surface area (Å²) < 4.78 is 35.5. The second-order valence-corrected chi connectivity index (χ2v) is 11.9. The molecular weight excluding hydrogens is 692 g/mol. The van der Waals surface area contributed by atoms with Crippen molar-refractivity contribution >= 4 is 34.1 Å². The van der Waals surface area contributed by atoms with Crippen LogP contribution in [0.1, 0.15) is 51.4 Å². The number of nitro benzene ring substituents is 4. The lowest BCUT2D eigenvalue weighted by Gasteiger charge is -2.32. The van der Waals surface area contributed by atoms with Crippen LogP contribution in [0.25, 0.3) is 0 Å². The molecule has 0 amide bonds. The molecule has 4 atom stereocenters. The number of hydrogen-bond donors (Lipinski definition) is 2. The molecule has 3 aliphatic rings. The van der Waals surface area contributed by atoms with Crippen molar-refractivity contribution in [1.29, 1.82) is 0 Å². The smallest absolute Gasteiger partial charge is 0.298 e. The number of nitrogens with two attached hydrogens (primary N) is 2. The second-order valence-electron chi connectivity index (χ2n) is 11.9. The highest BCUT2D eigenvalue weighted by Gasteiger charge is 2.28. The van der Waals surface area contributed by atoms with Gasteiger partial charge in [0.25, 0.3) is 22.7 Å². The number of anilines is 2. The predicted octanol–water partition coefficient (Wildman–Crippen LogP) is 4.89. The highest BCUT2D eigenvalue weighted by Crippen LogP contribution is 2.28. The fraction of sp³-hybridized carbons (Fsp3) is 0.625. The quantitative estimate of drug-likeness (QED) is 0.240. The molecule has 0 aromatic heterocycles. The molecule has 20 nitrogen and oxygen atoms in total. The Morgan fingerprint density at radius 2 is 0.750 bits per heavy atom. The maximum atomic E-state index is 10.3. The summed E-state index contributed by atoms with van der Waals surface area (Å²) in [5.41, 5.74) is 8.69. The third-order valence-electron chi connectivity index (χ3n) is 8.37. The molecule has 4 unspecified atom stereocenters. The molecule has 0 radical (unpaired) electrons. The molecule has 2 aromatic rings. The lowest BCUT2D eigenvalue weighted by atomic mass is 9.94. The number of nitro groups is 4. The van der Waals surface area contributed by atoms with Crippen LogP contribution in [0.5, 0.6) is 0 Å². The lowest BCUT2D eigenvalue weighted by molar-refractivity contribution is -0.393. The SMILES string of the molecule is C1CCC2OCCOCCOC3CCCCC3OCCOCCOC2C1.Nc1ccc([N+](=O)[O-])cc1[N+](=O)[O-].Nc1ccc([N+](=O)[O-])cc1[N+](=O)[O-]. The number of nitrogen functional groups attached to an aromatic ring is 2. The Labute approximate surface area is 299 Å². The molecule has 288 valence electrons. The van der Waals surface area contributed by atoms with Gasteiger partial charge in [0.05, 0.1) is 109 Å². The molecule has 0 bridgehead atoms. The molecule has 3 fully saturated rings. The molecule has 52 heavy (non-hydrogen) atoms. The first-order valence-corrected chi connectivity index (χ1v) is 17.0. The Hall–Kier alpha value is -4.60. The molecule has 1 aliphatic heterocycles. The van der Waals surface area contributed by atoms with Gasteiger partial charge in [0, 0.05) is 12.1 Å². The van der Waals surface area contributed by atoms with Crippen molar-refractivity contribution in [1.82, 2.24) is 0 Å². The number of benzene rings is 2. The third-order valence-corrected chi connectivity index (χ3v) is 8.37. The van der Waals surface area contributed by atoms with Gasteiger partial charge in [0.1, 0.15) is 11.4 Å². The zero-order valence-corrected chi connectivity index (χ0v) is 28.7. The summed E-state index contributed by atoms with van der Waals surface area (Å²) in [4.78, 5) is 38.1. The number of hydrogen-bond acceptors (Lipinski definition) is 16. The topological polar surface area (TPSA) is 280 Å². The van der Waals surface area contributed by atoms with E-state index in [1.54, 1.807) is 0 Å². The highest BCUT2D eigenvalue weighted by molar-refractivity contribution is 5.62. The van der Waals surface area contributed by atoms with E-state index >= 15 is 0 Å². The minimum absolute atomic E-state index is 0.0874. The summed E-state index contributed by atoms with van der Waals surface area (Å²) in [5, 5.41) is 41.1. The summed E-state index contributed by atoms with van der Waals surface area (Å²) in [6, 6.07) is 6.15. The van der Waals surface area contributed by atoms with Crippen LogP contribution in [0.3, 0.4) is 0 Å². The van der Waals surface area contributed by atoms with E-state index in [1.807, 2.05) is 0 Å². The van der Waals surface area contributed by atoms with Crippen LogP contribution in [0.2, 0.25) is 0 Å². The standard InChI is InChI=1S/C20H36O6.2C6H5N3O4/c1-2-6-18-17(5-1)23-13-9-21-11-15-25-19-7-3-4-8-20(19)26-16-12-22-10-14-24-18;2*7-5-2-1-4(8(10)11)3-6(5)9(12)13/h17-20H,1-16H2;2*1-3H,7H2. The molecular formula is C32H46N6O14. The average molecular weight is 739 g/mol. The maximum absolute atomic E-state index is 10.3. The monoisotopic (exact) mass is 738 g/mol. The van der Waals surface area contributed by atoms with E-state index in [0.717, 1.165) is 62.1 Å². The molecule has 2 aliphatic carbocycles. The van der Waals surface area contributed by atoms with E-state index in [9.17, 15) is 40.5 Å². The van der Waals surface area contributed by atoms with Crippen LogP contribution >= 0.6 is 0 Å². The van der Waals surface area contributed by atoms with Gasteiger partial charge in [-0.25, -0.2) is 0 Å². The van der Waals surface area contributed by atoms with Gasteiger partial charge in [0.2, 0.25) is 0 Å². The summed E-state index contributed by atoms with van der Waals surface area (Å²) in [6.07, 6.45) is 9.93. The van der Waals surface area contributed by atoms with E-state index in [4.69, 9.17) is 39.9 Å². The van der Waals surface area contributed by atoms with Gasteiger partial charge >= 0.3 is 0 Å². The largest absolute Gasteiger partial charge is 0.393 e. The van der Waals surface area contributed by atoms with Crippen LogP contribution in [-0.4, -0.2) is 97.0 Å². The van der Waals surface area contributed by atoms with Gasteiger partial charge in [-0.05, 0) is 37.8 Å². The van der Waals surface area contributed by atoms with Gasteiger partial charge in [-0.15, -0.1) is 0 Å². The van der Waals surface area contributed by atoms with Crippen molar-refractivity contribution in [3.05, 3.63) is 76.9 Å². The van der Waals surface area contributed by atoms with Crippen LogP contribution in [0.15, 0.2) is 36.4 Å². The normalized spacial score (nSPS) is 23.2. The van der Waals surface area contributed by atoms with Crippen LogP contribution < -0.4 is 11.5 Å². The zero-order chi connectivity index (χ0) is 37.9.